The Kier molecular flexibility index (Phi) is 11.3. The molecule has 388 valence electrons. The molecule has 1 aromatic heterocycles. The van der Waals surface area contributed by atoms with Crippen molar-refractivity contribution in [3.63, 3.8) is 0 Å². The van der Waals surface area contributed by atoms with Crippen LogP contribution in [0.5, 0.6) is 0 Å². The van der Waals surface area contributed by atoms with E-state index < -0.39 is 0 Å². The molecule has 5 heteroatoms. The minimum absolute atomic E-state index is 0.0285. The summed E-state index contributed by atoms with van der Waals surface area (Å²) in [5.74, 6) is 0. The summed E-state index contributed by atoms with van der Waals surface area (Å²) in [6, 6.07) is 79.7. The first-order valence-corrected chi connectivity index (χ1v) is 28.7. The smallest absolute Gasteiger partial charge is 0.198 e. The van der Waals surface area contributed by atoms with Crippen LogP contribution in [0, 0.1) is 0 Å². The number of fused-ring (bicyclic) bond motifs is 9. The fourth-order valence-corrected chi connectivity index (χ4v) is 14.0. The Morgan fingerprint density at radius 2 is 0.924 bits per heavy atom. The number of hydrogen-bond acceptors (Lipinski definition) is 3. The van der Waals surface area contributed by atoms with E-state index >= 15 is 0 Å². The summed E-state index contributed by atoms with van der Waals surface area (Å²) in [4.78, 5) is 4.93. The highest BCUT2D eigenvalue weighted by atomic mass is 15.2. The van der Waals surface area contributed by atoms with Crippen LogP contribution in [-0.4, -0.2) is 11.8 Å². The van der Waals surface area contributed by atoms with Crippen molar-refractivity contribution in [2.75, 3.05) is 15.1 Å². The van der Waals surface area contributed by atoms with Crippen LogP contribution in [0.1, 0.15) is 103 Å². The molecule has 0 atom stereocenters. The number of aromatic nitrogens is 1. The molecule has 0 bridgehead atoms. The van der Waals surface area contributed by atoms with Crippen molar-refractivity contribution in [2.24, 2.45) is 0 Å². The van der Waals surface area contributed by atoms with Crippen molar-refractivity contribution in [3.05, 3.63) is 235 Å². The summed E-state index contributed by atoms with van der Waals surface area (Å²) in [6.07, 6.45) is 4.64. The number of nitrogens with zero attached hydrogens (tertiary/aromatic N) is 3. The van der Waals surface area contributed by atoms with E-state index in [0.717, 1.165) is 77.6 Å². The predicted molar refractivity (Wildman–Crippen MR) is 340 cm³/mol. The molecule has 3 aliphatic rings. The molecule has 10 aromatic carbocycles. The van der Waals surface area contributed by atoms with Crippen molar-refractivity contribution in [2.45, 2.75) is 103 Å². The lowest BCUT2D eigenvalue weighted by Crippen LogP contribution is -2.41. The summed E-state index contributed by atoms with van der Waals surface area (Å²) in [5, 5.41) is 9.18. The molecule has 1 aliphatic heterocycles. The van der Waals surface area contributed by atoms with Gasteiger partial charge < -0.3 is 19.7 Å². The lowest BCUT2D eigenvalue weighted by Gasteiger charge is -2.43. The number of para-hydroxylation sites is 4. The topological polar surface area (TPSA) is 23.4 Å². The molecule has 4 nitrogen and oxygen atoms in total. The molecule has 11 aromatic rings. The zero-order valence-electron chi connectivity index (χ0n) is 47.1. The number of nitrogens with one attached hydrogen (secondary N) is 1. The fourth-order valence-electron chi connectivity index (χ4n) is 14.0. The van der Waals surface area contributed by atoms with Gasteiger partial charge in [-0.1, -0.05) is 182 Å². The van der Waals surface area contributed by atoms with Crippen molar-refractivity contribution in [1.29, 1.82) is 0 Å². The largest absolute Gasteiger partial charge is 0.355 e. The third-order valence-electron chi connectivity index (χ3n) is 18.6. The summed E-state index contributed by atoms with van der Waals surface area (Å²) < 4.78 is 2.71. The summed E-state index contributed by atoms with van der Waals surface area (Å²) in [7, 11) is 0.781. The van der Waals surface area contributed by atoms with Gasteiger partial charge in [-0.3, -0.25) is 0 Å². The molecule has 0 amide bonds. The van der Waals surface area contributed by atoms with Crippen LogP contribution in [0.15, 0.2) is 212 Å². The minimum atomic E-state index is 0.0285. The van der Waals surface area contributed by atoms with Gasteiger partial charge in [-0.2, -0.15) is 0 Å². The van der Waals surface area contributed by atoms with Gasteiger partial charge in [0.2, 0.25) is 0 Å². The van der Waals surface area contributed by atoms with Crippen LogP contribution in [0.2, 0.25) is 0 Å². The molecule has 2 aliphatic carbocycles. The van der Waals surface area contributed by atoms with E-state index in [1.807, 2.05) is 0 Å². The van der Waals surface area contributed by atoms with Crippen LogP contribution in [0.3, 0.4) is 0 Å². The summed E-state index contributed by atoms with van der Waals surface area (Å²) >= 11 is 0. The van der Waals surface area contributed by atoms with E-state index in [9.17, 15) is 0 Å². The van der Waals surface area contributed by atoms with Gasteiger partial charge in [-0.25, -0.2) is 0 Å². The highest BCUT2D eigenvalue weighted by molar-refractivity contribution is 6.74. The minimum Gasteiger partial charge on any atom is -0.355 e. The summed E-state index contributed by atoms with van der Waals surface area (Å²) in [6.45, 7) is 19.6. The van der Waals surface area contributed by atoms with E-state index in [1.165, 1.54) is 83.4 Å². The van der Waals surface area contributed by atoms with Gasteiger partial charge in [0.25, 0.3) is 0 Å². The standard InChI is InChI=1S/C74H69BN4/c1-71(2)39-40-72(3,4)60-43-49(34-37-59(60)71)76-64-38-35-54(77(50-24-13-9-14-25-50)51-26-15-10-16-27-51)44-57(64)58-45-66(78(52-28-17-11-18-29-52)53-30-19-12-20-31-53)67-56-36-33-48-23-21-22-32-55(48)69(56)79-65-47-62-61(46-63(65)75-68(58)70(67)79)73(5,6)41-42-74(62,7)8/h9-38,43-47,75-76H,39-42H2,1-8H3. The molecule has 0 spiro atoms. The highest BCUT2D eigenvalue weighted by Gasteiger charge is 2.41. The average Bonchev–Trinajstić information content (AvgIpc) is 2.43. The van der Waals surface area contributed by atoms with Crippen LogP contribution in [0.25, 0.3) is 49.4 Å². The Hall–Kier alpha value is -8.28. The zero-order valence-corrected chi connectivity index (χ0v) is 47.1. The lowest BCUT2D eigenvalue weighted by molar-refractivity contribution is 0.332. The van der Waals surface area contributed by atoms with Crippen LogP contribution < -0.4 is 26.0 Å². The fraction of sp³-hybridized carbons (Fsp3) is 0.216. The zero-order chi connectivity index (χ0) is 54.0. The van der Waals surface area contributed by atoms with Crippen molar-refractivity contribution in [1.82, 2.24) is 4.57 Å². The van der Waals surface area contributed by atoms with Gasteiger partial charge in [-0.05, 0) is 177 Å². The van der Waals surface area contributed by atoms with Crippen LogP contribution in [-0.2, 0) is 21.7 Å². The second kappa shape index (κ2) is 18.1. The molecule has 79 heavy (non-hydrogen) atoms. The van der Waals surface area contributed by atoms with E-state index in [-0.39, 0.29) is 21.7 Å². The molecule has 14 rings (SSSR count). The van der Waals surface area contributed by atoms with E-state index in [4.69, 9.17) is 0 Å². The van der Waals surface area contributed by atoms with E-state index in [1.54, 1.807) is 0 Å². The Labute approximate surface area is 467 Å². The molecule has 2 heterocycles. The van der Waals surface area contributed by atoms with Gasteiger partial charge in [0.15, 0.2) is 7.28 Å². The molecular formula is C74H69BN4. The van der Waals surface area contributed by atoms with Crippen LogP contribution >= 0.6 is 0 Å². The van der Waals surface area contributed by atoms with Crippen LogP contribution in [0.4, 0.5) is 45.5 Å². The second-order valence-corrected chi connectivity index (χ2v) is 25.5. The molecule has 0 saturated carbocycles. The number of rotatable bonds is 9. The molecule has 0 radical (unpaired) electrons. The SMILES string of the molecule is CC1(C)CCC(C)(C)c2cc(Nc3ccc(N(c4ccccc4)c4ccccc4)cc3-c3cc(N(c4ccccc4)c4ccccc4)c4c5ccc6ccccc6c5n5c4c3Bc3cc4c(cc3-5)C(C)(C)CCC4(C)C)ccc21. The van der Waals surface area contributed by atoms with Crippen molar-refractivity contribution in [3.8, 4) is 16.8 Å². The first-order valence-electron chi connectivity index (χ1n) is 28.7. The van der Waals surface area contributed by atoms with Gasteiger partial charge in [-0.15, -0.1) is 0 Å². The van der Waals surface area contributed by atoms with Crippen molar-refractivity contribution < 1.29 is 0 Å². The Bertz CT molecular complexity index is 4110. The average molecular weight is 1030 g/mol. The number of benzene rings is 10. The van der Waals surface area contributed by atoms with Gasteiger partial charge in [0.05, 0.1) is 16.7 Å². The summed E-state index contributed by atoms with van der Waals surface area (Å²) in [5.41, 5.74) is 23.8. The van der Waals surface area contributed by atoms with Crippen molar-refractivity contribution >= 4 is 96.3 Å². The third-order valence-corrected chi connectivity index (χ3v) is 18.6. The molecule has 0 unspecified atom stereocenters. The Balaban J connectivity index is 1.14. The highest BCUT2D eigenvalue weighted by Crippen LogP contribution is 2.52. The Morgan fingerprint density at radius 3 is 1.52 bits per heavy atom. The quantitative estimate of drug-likeness (QED) is 0.146. The first-order chi connectivity index (χ1) is 38.1. The maximum Gasteiger partial charge on any atom is 0.198 e. The van der Waals surface area contributed by atoms with E-state index in [2.05, 4.69) is 287 Å². The van der Waals surface area contributed by atoms with Gasteiger partial charge >= 0.3 is 0 Å². The maximum atomic E-state index is 4.17. The number of anilines is 8. The Morgan fingerprint density at radius 1 is 0.405 bits per heavy atom. The maximum absolute atomic E-state index is 4.17. The van der Waals surface area contributed by atoms with E-state index in [0.29, 0.717) is 0 Å². The lowest BCUT2D eigenvalue weighted by atomic mass is 9.55. The molecule has 0 saturated heterocycles. The molecule has 1 N–H and O–H groups in total. The monoisotopic (exact) mass is 1020 g/mol. The molecular weight excluding hydrogens is 956 g/mol. The van der Waals surface area contributed by atoms with Gasteiger partial charge in [0, 0.05) is 67.2 Å². The molecule has 0 fully saturated rings. The predicted octanol–water partition coefficient (Wildman–Crippen LogP) is 18.7. The third kappa shape index (κ3) is 8.02. The second-order valence-electron chi connectivity index (χ2n) is 25.5. The number of hydrogen-bond donors (Lipinski definition) is 1. The van der Waals surface area contributed by atoms with Gasteiger partial charge in [0.1, 0.15) is 0 Å². The first kappa shape index (κ1) is 49.1. The normalized spacial score (nSPS) is 16.2.